The molecule has 1 atom stereocenters. The van der Waals surface area contributed by atoms with E-state index in [4.69, 9.17) is 11.6 Å². The minimum absolute atomic E-state index is 0.0853. The summed E-state index contributed by atoms with van der Waals surface area (Å²) in [6.07, 6.45) is 0. The summed E-state index contributed by atoms with van der Waals surface area (Å²) in [5, 5.41) is 15.6. The number of carbonyl (C=O) groups is 2. The number of anilines is 2. The zero-order valence-corrected chi connectivity index (χ0v) is 17.3. The molecule has 30 heavy (non-hydrogen) atoms. The number of amides is 2. The van der Waals surface area contributed by atoms with Gasteiger partial charge in [-0.3, -0.25) is 9.59 Å². The molecule has 0 saturated heterocycles. The van der Waals surface area contributed by atoms with Crippen molar-refractivity contribution in [3.63, 3.8) is 0 Å². The highest BCUT2D eigenvalue weighted by molar-refractivity contribution is 8.00. The summed E-state index contributed by atoms with van der Waals surface area (Å²) < 4.78 is 0. The van der Waals surface area contributed by atoms with Crippen LogP contribution in [0, 0.1) is 11.3 Å². The van der Waals surface area contributed by atoms with Gasteiger partial charge in [0.15, 0.2) is 0 Å². The molecular formula is C23H16ClN3O2S. The zero-order valence-electron chi connectivity index (χ0n) is 15.7. The van der Waals surface area contributed by atoms with Crippen molar-refractivity contribution in [2.45, 2.75) is 10.8 Å². The Bertz CT molecular complexity index is 1170. The van der Waals surface area contributed by atoms with Crippen LogP contribution in [0.4, 0.5) is 11.4 Å². The zero-order chi connectivity index (χ0) is 21.1. The topological polar surface area (TPSA) is 82.0 Å². The average molecular weight is 434 g/mol. The van der Waals surface area contributed by atoms with E-state index in [1.54, 1.807) is 30.3 Å². The maximum Gasteiger partial charge on any atom is 0.255 e. The lowest BCUT2D eigenvalue weighted by Crippen LogP contribution is -2.20. The lowest BCUT2D eigenvalue weighted by molar-refractivity contribution is -0.113. The van der Waals surface area contributed by atoms with Gasteiger partial charge in [0, 0.05) is 21.2 Å². The third-order valence-corrected chi connectivity index (χ3v) is 6.11. The van der Waals surface area contributed by atoms with Crippen LogP contribution in [0.25, 0.3) is 0 Å². The molecule has 1 aliphatic rings. The Balaban J connectivity index is 1.54. The summed E-state index contributed by atoms with van der Waals surface area (Å²) in [6, 6.07) is 22.0. The smallest absolute Gasteiger partial charge is 0.255 e. The Morgan fingerprint density at radius 3 is 2.67 bits per heavy atom. The number of hydrogen-bond donors (Lipinski definition) is 2. The minimum atomic E-state index is -0.495. The largest absolute Gasteiger partial charge is 0.324 e. The third-order valence-electron chi connectivity index (χ3n) is 4.71. The summed E-state index contributed by atoms with van der Waals surface area (Å²) in [5.41, 5.74) is 3.12. The number of benzene rings is 3. The van der Waals surface area contributed by atoms with E-state index in [1.165, 1.54) is 11.8 Å². The number of rotatable bonds is 4. The average Bonchev–Trinajstić information content (AvgIpc) is 2.76. The summed E-state index contributed by atoms with van der Waals surface area (Å²) >= 11 is 7.88. The molecule has 1 heterocycles. The summed E-state index contributed by atoms with van der Waals surface area (Å²) in [4.78, 5) is 25.2. The Morgan fingerprint density at radius 2 is 1.93 bits per heavy atom. The molecular weight excluding hydrogens is 418 g/mol. The van der Waals surface area contributed by atoms with Crippen molar-refractivity contribution in [2.24, 2.45) is 0 Å². The van der Waals surface area contributed by atoms with E-state index in [0.29, 0.717) is 33.3 Å². The monoisotopic (exact) mass is 433 g/mol. The van der Waals surface area contributed by atoms with Gasteiger partial charge in [-0.15, -0.1) is 11.8 Å². The van der Waals surface area contributed by atoms with Crippen LogP contribution in [0.1, 0.15) is 27.4 Å². The van der Waals surface area contributed by atoms with Crippen LogP contribution in [-0.4, -0.2) is 17.6 Å². The Morgan fingerprint density at radius 1 is 1.13 bits per heavy atom. The number of nitriles is 1. The second-order valence-electron chi connectivity index (χ2n) is 6.71. The van der Waals surface area contributed by atoms with Crippen molar-refractivity contribution in [1.82, 2.24) is 0 Å². The molecule has 0 saturated carbocycles. The molecule has 3 aromatic carbocycles. The van der Waals surface area contributed by atoms with Crippen molar-refractivity contribution >= 4 is 46.6 Å². The lowest BCUT2D eigenvalue weighted by atomic mass is 9.92. The number of carbonyl (C=O) groups excluding carboxylic acids is 2. The van der Waals surface area contributed by atoms with E-state index in [-0.39, 0.29) is 11.8 Å². The van der Waals surface area contributed by atoms with Gasteiger partial charge in [0.25, 0.3) is 5.91 Å². The molecule has 0 radical (unpaired) electrons. The number of fused-ring (bicyclic) bond motifs is 1. The standard InChI is InChI=1S/C23H16ClN3O2S/c24-19-11-16(7-8-17(19)18(12-25)14-4-2-1-3-5-14)26-23(29)15-6-9-21-20(10-15)27-22(28)13-30-21/h1-11,18H,13H2,(H,26,29)(H,27,28). The van der Waals surface area contributed by atoms with E-state index >= 15 is 0 Å². The fraction of sp³-hybridized carbons (Fsp3) is 0.0870. The van der Waals surface area contributed by atoms with Crippen molar-refractivity contribution in [3.05, 3.63) is 88.4 Å². The third kappa shape index (κ3) is 4.18. The first-order valence-corrected chi connectivity index (χ1v) is 10.5. The molecule has 0 spiro atoms. The highest BCUT2D eigenvalue weighted by Crippen LogP contribution is 2.33. The summed E-state index contributed by atoms with van der Waals surface area (Å²) in [6.45, 7) is 0. The fourth-order valence-corrected chi connectivity index (χ4v) is 4.31. The first-order valence-electron chi connectivity index (χ1n) is 9.17. The second-order valence-corrected chi connectivity index (χ2v) is 8.14. The minimum Gasteiger partial charge on any atom is -0.324 e. The predicted octanol–water partition coefficient (Wildman–Crippen LogP) is 5.29. The van der Waals surface area contributed by atoms with E-state index in [0.717, 1.165) is 10.5 Å². The number of nitrogens with one attached hydrogen (secondary N) is 2. The predicted molar refractivity (Wildman–Crippen MR) is 119 cm³/mol. The molecule has 2 N–H and O–H groups in total. The molecule has 7 heteroatoms. The number of halogens is 1. The Labute approximate surface area is 183 Å². The number of hydrogen-bond acceptors (Lipinski definition) is 4. The van der Waals surface area contributed by atoms with Gasteiger partial charge in [-0.2, -0.15) is 5.26 Å². The Hall–Kier alpha value is -3.27. The molecule has 1 unspecified atom stereocenters. The van der Waals surface area contributed by atoms with E-state index in [1.807, 2.05) is 36.4 Å². The van der Waals surface area contributed by atoms with Gasteiger partial charge < -0.3 is 10.6 Å². The van der Waals surface area contributed by atoms with Crippen molar-refractivity contribution < 1.29 is 9.59 Å². The van der Waals surface area contributed by atoms with E-state index in [9.17, 15) is 14.9 Å². The first-order chi connectivity index (χ1) is 14.5. The van der Waals surface area contributed by atoms with Crippen LogP contribution in [0.3, 0.4) is 0 Å². The highest BCUT2D eigenvalue weighted by atomic mass is 35.5. The lowest BCUT2D eigenvalue weighted by Gasteiger charge is -2.17. The van der Waals surface area contributed by atoms with Crippen LogP contribution in [0.5, 0.6) is 0 Å². The number of nitrogens with zero attached hydrogens (tertiary/aromatic N) is 1. The van der Waals surface area contributed by atoms with Gasteiger partial charge in [0.2, 0.25) is 5.91 Å². The second kappa shape index (κ2) is 8.62. The van der Waals surface area contributed by atoms with Crippen molar-refractivity contribution in [3.8, 4) is 6.07 Å². The SMILES string of the molecule is N#CC(c1ccccc1)c1ccc(NC(=O)c2ccc3c(c2)NC(=O)CS3)cc1Cl. The fourth-order valence-electron chi connectivity index (χ4n) is 3.24. The highest BCUT2D eigenvalue weighted by Gasteiger charge is 2.19. The molecule has 0 aliphatic carbocycles. The van der Waals surface area contributed by atoms with Gasteiger partial charge in [0.05, 0.1) is 23.4 Å². The Kier molecular flexibility index (Phi) is 5.75. The van der Waals surface area contributed by atoms with Crippen LogP contribution in [-0.2, 0) is 4.79 Å². The van der Waals surface area contributed by atoms with Gasteiger partial charge >= 0.3 is 0 Å². The molecule has 148 valence electrons. The van der Waals surface area contributed by atoms with Gasteiger partial charge in [-0.1, -0.05) is 48.0 Å². The van der Waals surface area contributed by atoms with Crippen LogP contribution in [0.2, 0.25) is 5.02 Å². The normalized spacial score (nSPS) is 13.5. The van der Waals surface area contributed by atoms with Gasteiger partial charge in [-0.25, -0.2) is 0 Å². The van der Waals surface area contributed by atoms with Crippen LogP contribution >= 0.6 is 23.4 Å². The quantitative estimate of drug-likeness (QED) is 0.585. The maximum absolute atomic E-state index is 12.7. The molecule has 5 nitrogen and oxygen atoms in total. The molecule has 0 fully saturated rings. The van der Waals surface area contributed by atoms with Crippen LogP contribution < -0.4 is 10.6 Å². The molecule has 4 rings (SSSR count). The van der Waals surface area contributed by atoms with Crippen molar-refractivity contribution in [1.29, 1.82) is 5.26 Å². The molecule has 0 aromatic heterocycles. The van der Waals surface area contributed by atoms with E-state index < -0.39 is 5.92 Å². The molecule has 2 amide bonds. The van der Waals surface area contributed by atoms with Gasteiger partial charge in [0.1, 0.15) is 0 Å². The molecule has 0 bridgehead atoms. The van der Waals surface area contributed by atoms with Crippen LogP contribution in [0.15, 0.2) is 71.6 Å². The maximum atomic E-state index is 12.7. The van der Waals surface area contributed by atoms with E-state index in [2.05, 4.69) is 16.7 Å². The molecule has 3 aromatic rings. The first kappa shape index (κ1) is 20.0. The van der Waals surface area contributed by atoms with Crippen molar-refractivity contribution in [2.75, 3.05) is 16.4 Å². The van der Waals surface area contributed by atoms with Gasteiger partial charge in [-0.05, 0) is 41.5 Å². The summed E-state index contributed by atoms with van der Waals surface area (Å²) in [7, 11) is 0. The summed E-state index contributed by atoms with van der Waals surface area (Å²) in [5.74, 6) is -0.523. The molecule has 1 aliphatic heterocycles. The number of thioether (sulfide) groups is 1.